The summed E-state index contributed by atoms with van der Waals surface area (Å²) >= 11 is 6.12. The molecule has 0 saturated carbocycles. The van der Waals surface area contributed by atoms with Crippen molar-refractivity contribution in [3.05, 3.63) is 70.9 Å². The minimum absolute atomic E-state index is 0.176. The summed E-state index contributed by atoms with van der Waals surface area (Å²) in [6, 6.07) is 10.5. The third-order valence-corrected chi connectivity index (χ3v) is 3.60. The molecule has 0 unspecified atom stereocenters. The zero-order chi connectivity index (χ0) is 15.0. The van der Waals surface area contributed by atoms with E-state index in [1.807, 2.05) is 6.07 Å². The molecule has 2 aromatic carbocycles. The number of nitrogens with zero attached hydrogens (tertiary/aromatic N) is 1. The lowest BCUT2D eigenvalue weighted by molar-refractivity contribution is 0.0965. The molecule has 0 bridgehead atoms. The fourth-order valence-corrected chi connectivity index (χ4v) is 2.63. The number of benzene rings is 2. The van der Waals surface area contributed by atoms with Crippen molar-refractivity contribution in [3.63, 3.8) is 0 Å². The van der Waals surface area contributed by atoms with Gasteiger partial charge in [0.2, 0.25) is 0 Å². The maximum absolute atomic E-state index is 13.6. The van der Waals surface area contributed by atoms with Gasteiger partial charge in [-0.1, -0.05) is 29.8 Å². The Bertz CT molecular complexity index is 821. The van der Waals surface area contributed by atoms with Gasteiger partial charge < -0.3 is 4.57 Å². The molecule has 3 aromatic rings. The van der Waals surface area contributed by atoms with Crippen molar-refractivity contribution in [3.8, 4) is 0 Å². The number of rotatable bonds is 3. The van der Waals surface area contributed by atoms with Gasteiger partial charge in [-0.3, -0.25) is 4.79 Å². The van der Waals surface area contributed by atoms with Crippen molar-refractivity contribution in [2.45, 2.75) is 6.54 Å². The van der Waals surface area contributed by atoms with Gasteiger partial charge in [0.05, 0.1) is 22.6 Å². The number of hydrogen-bond donors (Lipinski definition) is 0. The monoisotopic (exact) mass is 305 g/mol. The lowest BCUT2D eigenvalue weighted by Crippen LogP contribution is -2.13. The largest absolute Gasteiger partial charge is 0.338 e. The Labute approximate surface area is 124 Å². The molecule has 0 saturated heterocycles. The maximum atomic E-state index is 13.6. The Kier molecular flexibility index (Phi) is 3.47. The zero-order valence-electron chi connectivity index (χ0n) is 10.8. The van der Waals surface area contributed by atoms with Crippen LogP contribution < -0.4 is 0 Å². The molecule has 106 valence electrons. The summed E-state index contributed by atoms with van der Waals surface area (Å²) in [6.45, 7) is -0.176. The first kappa shape index (κ1) is 13.8. The molecule has 1 aromatic heterocycles. The zero-order valence-corrected chi connectivity index (χ0v) is 11.6. The first-order valence-corrected chi connectivity index (χ1v) is 6.66. The van der Waals surface area contributed by atoms with Crippen molar-refractivity contribution >= 4 is 28.3 Å². The molecule has 0 atom stereocenters. The van der Waals surface area contributed by atoms with E-state index < -0.39 is 23.0 Å². The van der Waals surface area contributed by atoms with Crippen LogP contribution in [0.3, 0.4) is 0 Å². The highest BCUT2D eigenvalue weighted by atomic mass is 35.5. The summed E-state index contributed by atoms with van der Waals surface area (Å²) in [6.07, 6.45) is 1.67. The predicted octanol–water partition coefficient (Wildman–Crippen LogP) is 4.46. The lowest BCUT2D eigenvalue weighted by Gasteiger charge is -2.07. The summed E-state index contributed by atoms with van der Waals surface area (Å²) in [4.78, 5) is 12.2. The average Bonchev–Trinajstić information content (AvgIpc) is 2.83. The van der Waals surface area contributed by atoms with Crippen LogP contribution in [0.1, 0.15) is 10.4 Å². The number of carbonyl (C=O) groups is 1. The Balaban J connectivity index is 2.01. The molecule has 0 aliphatic carbocycles. The molecule has 0 N–H and O–H groups in total. The highest BCUT2D eigenvalue weighted by Crippen LogP contribution is 2.25. The summed E-state index contributed by atoms with van der Waals surface area (Å²) in [5.41, 5.74) is 0.149. The van der Waals surface area contributed by atoms with Gasteiger partial charge in [-0.05, 0) is 24.3 Å². The Hall–Kier alpha value is -2.20. The van der Waals surface area contributed by atoms with Crippen LogP contribution in [0, 0.1) is 11.6 Å². The highest BCUT2D eigenvalue weighted by molar-refractivity contribution is 6.35. The second-order valence-corrected chi connectivity index (χ2v) is 5.05. The lowest BCUT2D eigenvalue weighted by atomic mass is 10.1. The van der Waals surface area contributed by atoms with Gasteiger partial charge in [0, 0.05) is 11.6 Å². The first-order valence-electron chi connectivity index (χ1n) is 6.28. The van der Waals surface area contributed by atoms with Gasteiger partial charge in [0.1, 0.15) is 11.6 Å². The molecule has 1 heterocycles. The molecule has 2 nitrogen and oxygen atoms in total. The molecule has 21 heavy (non-hydrogen) atoms. The molecular weight excluding hydrogens is 296 g/mol. The average molecular weight is 306 g/mol. The topological polar surface area (TPSA) is 22.0 Å². The maximum Gasteiger partial charge on any atom is 0.188 e. The molecule has 0 fully saturated rings. The number of Topliss-reactive ketones (excluding diaryl/α,β-unsaturated/α-hetero) is 1. The smallest absolute Gasteiger partial charge is 0.188 e. The predicted molar refractivity (Wildman–Crippen MR) is 77.6 cm³/mol. The van der Waals surface area contributed by atoms with Crippen molar-refractivity contribution in [2.75, 3.05) is 0 Å². The molecular formula is C16H10ClF2NO. The first-order chi connectivity index (χ1) is 10.1. The van der Waals surface area contributed by atoms with Gasteiger partial charge >= 0.3 is 0 Å². The van der Waals surface area contributed by atoms with E-state index in [1.165, 1.54) is 6.07 Å². The van der Waals surface area contributed by atoms with E-state index in [1.54, 1.807) is 29.0 Å². The summed E-state index contributed by atoms with van der Waals surface area (Å²) in [7, 11) is 0. The van der Waals surface area contributed by atoms with E-state index in [4.69, 9.17) is 11.6 Å². The molecule has 0 radical (unpaired) electrons. The number of fused-ring (bicyclic) bond motifs is 1. The summed E-state index contributed by atoms with van der Waals surface area (Å²) in [5.74, 6) is -2.35. The molecule has 0 spiro atoms. The highest BCUT2D eigenvalue weighted by Gasteiger charge is 2.18. The van der Waals surface area contributed by atoms with E-state index >= 15 is 0 Å². The SMILES string of the molecule is O=C(Cn1ccc2cccc(Cl)c21)c1c(F)cccc1F. The van der Waals surface area contributed by atoms with E-state index in [0.717, 1.165) is 17.5 Å². The fraction of sp³-hybridized carbons (Fsp3) is 0.0625. The van der Waals surface area contributed by atoms with Gasteiger partial charge in [-0.25, -0.2) is 8.78 Å². The number of ketones is 1. The van der Waals surface area contributed by atoms with Crippen molar-refractivity contribution < 1.29 is 13.6 Å². The van der Waals surface area contributed by atoms with Gasteiger partial charge in [0.15, 0.2) is 5.78 Å². The van der Waals surface area contributed by atoms with Crippen LogP contribution >= 0.6 is 11.6 Å². The van der Waals surface area contributed by atoms with Crippen molar-refractivity contribution in [2.24, 2.45) is 0 Å². The van der Waals surface area contributed by atoms with E-state index in [9.17, 15) is 13.6 Å². The van der Waals surface area contributed by atoms with Crippen LogP contribution in [0.15, 0.2) is 48.7 Å². The standard InChI is InChI=1S/C16H10ClF2NO/c17-11-4-1-3-10-7-8-20(16(10)11)9-14(21)15-12(18)5-2-6-13(15)19/h1-8H,9H2. The third-order valence-electron chi connectivity index (χ3n) is 3.29. The number of halogens is 3. The van der Waals surface area contributed by atoms with Crippen LogP contribution in [-0.4, -0.2) is 10.4 Å². The minimum atomic E-state index is -0.859. The van der Waals surface area contributed by atoms with Crippen molar-refractivity contribution in [1.82, 2.24) is 4.57 Å². The minimum Gasteiger partial charge on any atom is -0.338 e. The Morgan fingerprint density at radius 1 is 1.05 bits per heavy atom. The fourth-order valence-electron chi connectivity index (χ4n) is 2.34. The van der Waals surface area contributed by atoms with Crippen LogP contribution in [0.25, 0.3) is 10.9 Å². The second-order valence-electron chi connectivity index (χ2n) is 4.64. The normalized spacial score (nSPS) is 11.0. The molecule has 0 aliphatic rings. The Morgan fingerprint density at radius 2 is 1.71 bits per heavy atom. The van der Waals surface area contributed by atoms with E-state index in [0.29, 0.717) is 10.5 Å². The number of aromatic nitrogens is 1. The third kappa shape index (κ3) is 2.43. The second kappa shape index (κ2) is 5.30. The molecule has 3 rings (SSSR count). The van der Waals surface area contributed by atoms with E-state index in [2.05, 4.69) is 0 Å². The number of carbonyl (C=O) groups excluding carboxylic acids is 1. The molecule has 0 amide bonds. The van der Waals surface area contributed by atoms with Crippen LogP contribution in [-0.2, 0) is 6.54 Å². The molecule has 0 aliphatic heterocycles. The van der Waals surface area contributed by atoms with Crippen LogP contribution in [0.2, 0.25) is 5.02 Å². The van der Waals surface area contributed by atoms with Crippen LogP contribution in [0.5, 0.6) is 0 Å². The number of para-hydroxylation sites is 1. The van der Waals surface area contributed by atoms with Gasteiger partial charge in [-0.2, -0.15) is 0 Å². The quantitative estimate of drug-likeness (QED) is 0.655. The van der Waals surface area contributed by atoms with Gasteiger partial charge in [0.25, 0.3) is 0 Å². The number of hydrogen-bond acceptors (Lipinski definition) is 1. The molecule has 5 heteroatoms. The van der Waals surface area contributed by atoms with Crippen LogP contribution in [0.4, 0.5) is 8.78 Å². The van der Waals surface area contributed by atoms with Crippen molar-refractivity contribution in [1.29, 1.82) is 0 Å². The Morgan fingerprint density at radius 3 is 2.43 bits per heavy atom. The van der Waals surface area contributed by atoms with Gasteiger partial charge in [-0.15, -0.1) is 0 Å². The summed E-state index contributed by atoms with van der Waals surface area (Å²) in [5, 5.41) is 1.35. The summed E-state index contributed by atoms with van der Waals surface area (Å²) < 4.78 is 28.8. The van der Waals surface area contributed by atoms with E-state index in [-0.39, 0.29) is 6.54 Å².